The number of rotatable bonds is 10. The summed E-state index contributed by atoms with van der Waals surface area (Å²) in [6.07, 6.45) is 4.93. The van der Waals surface area contributed by atoms with Crippen LogP contribution in [0.3, 0.4) is 0 Å². The fourth-order valence-electron chi connectivity index (χ4n) is 1.56. The smallest absolute Gasteiger partial charge is 0.220 e. The van der Waals surface area contributed by atoms with Crippen LogP contribution in [0.5, 0.6) is 0 Å². The summed E-state index contributed by atoms with van der Waals surface area (Å²) in [4.78, 5) is 11.4. The van der Waals surface area contributed by atoms with Crippen molar-refractivity contribution in [2.75, 3.05) is 19.6 Å². The summed E-state index contributed by atoms with van der Waals surface area (Å²) in [5.74, 6) is 0.164. The quantitative estimate of drug-likeness (QED) is 0.490. The lowest BCUT2D eigenvalue weighted by Gasteiger charge is -2.13. The highest BCUT2D eigenvalue weighted by Crippen LogP contribution is 2.01. The standard InChI is InChI=1S/C12H27N3O/c1-3-14-11(2)10-15-12(16)8-6-4-5-7-9-13/h11,14H,3-10,13H2,1-2H3,(H,15,16)/t11-/m1/s1. The van der Waals surface area contributed by atoms with E-state index in [1.807, 2.05) is 0 Å². The number of likely N-dealkylation sites (N-methyl/N-ethyl adjacent to an activating group) is 1. The predicted molar refractivity (Wildman–Crippen MR) is 68.3 cm³/mol. The first kappa shape index (κ1) is 15.4. The van der Waals surface area contributed by atoms with Crippen molar-refractivity contribution in [3.05, 3.63) is 0 Å². The molecule has 0 spiro atoms. The summed E-state index contributed by atoms with van der Waals surface area (Å²) in [7, 11) is 0. The van der Waals surface area contributed by atoms with Crippen LogP contribution in [0.15, 0.2) is 0 Å². The Kier molecular flexibility index (Phi) is 10.5. The monoisotopic (exact) mass is 229 g/mol. The Morgan fingerprint density at radius 1 is 1.25 bits per heavy atom. The Labute approximate surface area is 99.4 Å². The van der Waals surface area contributed by atoms with Gasteiger partial charge in [-0.15, -0.1) is 0 Å². The molecule has 0 saturated carbocycles. The molecule has 1 amide bonds. The molecule has 0 heterocycles. The van der Waals surface area contributed by atoms with E-state index in [0.717, 1.165) is 45.3 Å². The zero-order valence-electron chi connectivity index (χ0n) is 10.7. The third-order valence-corrected chi connectivity index (χ3v) is 2.52. The largest absolute Gasteiger partial charge is 0.355 e. The predicted octanol–water partition coefficient (Wildman–Crippen LogP) is 1.01. The first-order chi connectivity index (χ1) is 7.70. The summed E-state index contributed by atoms with van der Waals surface area (Å²) >= 11 is 0. The third-order valence-electron chi connectivity index (χ3n) is 2.52. The van der Waals surface area contributed by atoms with Crippen molar-refractivity contribution in [2.24, 2.45) is 5.73 Å². The van der Waals surface area contributed by atoms with Crippen LogP contribution in [-0.4, -0.2) is 31.6 Å². The lowest BCUT2D eigenvalue weighted by Crippen LogP contribution is -2.38. The van der Waals surface area contributed by atoms with Crippen molar-refractivity contribution < 1.29 is 4.79 Å². The van der Waals surface area contributed by atoms with Crippen molar-refractivity contribution >= 4 is 5.91 Å². The van der Waals surface area contributed by atoms with E-state index < -0.39 is 0 Å². The minimum absolute atomic E-state index is 0.164. The van der Waals surface area contributed by atoms with Crippen molar-refractivity contribution in [1.82, 2.24) is 10.6 Å². The number of nitrogens with two attached hydrogens (primary N) is 1. The van der Waals surface area contributed by atoms with Crippen molar-refractivity contribution in [3.8, 4) is 0 Å². The Balaban J connectivity index is 3.30. The van der Waals surface area contributed by atoms with Gasteiger partial charge < -0.3 is 16.4 Å². The Morgan fingerprint density at radius 2 is 1.94 bits per heavy atom. The van der Waals surface area contributed by atoms with E-state index in [4.69, 9.17) is 5.73 Å². The van der Waals surface area contributed by atoms with Crippen molar-refractivity contribution in [2.45, 2.75) is 52.0 Å². The fraction of sp³-hybridized carbons (Fsp3) is 0.917. The third kappa shape index (κ3) is 9.93. The van der Waals surface area contributed by atoms with Crippen LogP contribution in [0.1, 0.15) is 46.0 Å². The molecule has 4 nitrogen and oxygen atoms in total. The van der Waals surface area contributed by atoms with Crippen LogP contribution in [0, 0.1) is 0 Å². The van der Waals surface area contributed by atoms with E-state index in [1.165, 1.54) is 0 Å². The van der Waals surface area contributed by atoms with Gasteiger partial charge in [0.05, 0.1) is 0 Å². The Hall–Kier alpha value is -0.610. The van der Waals surface area contributed by atoms with Gasteiger partial charge in [-0.2, -0.15) is 0 Å². The molecule has 1 atom stereocenters. The molecule has 0 fully saturated rings. The van der Waals surface area contributed by atoms with E-state index in [-0.39, 0.29) is 5.91 Å². The number of carbonyl (C=O) groups is 1. The maximum absolute atomic E-state index is 11.4. The highest BCUT2D eigenvalue weighted by Gasteiger charge is 2.03. The molecule has 0 aromatic rings. The van der Waals surface area contributed by atoms with Crippen LogP contribution in [0.4, 0.5) is 0 Å². The van der Waals surface area contributed by atoms with Gasteiger partial charge in [0.2, 0.25) is 5.91 Å². The minimum atomic E-state index is 0.164. The van der Waals surface area contributed by atoms with Gasteiger partial charge >= 0.3 is 0 Å². The summed E-state index contributed by atoms with van der Waals surface area (Å²) in [6.45, 7) is 6.55. The first-order valence-electron chi connectivity index (χ1n) is 6.40. The SMILES string of the molecule is CCN[C@H](C)CNC(=O)CCCCCCN. The molecule has 0 aliphatic rings. The van der Waals surface area contributed by atoms with Crippen LogP contribution in [0.2, 0.25) is 0 Å². The van der Waals surface area contributed by atoms with Gasteiger partial charge in [-0.05, 0) is 32.9 Å². The van der Waals surface area contributed by atoms with Crippen molar-refractivity contribution in [1.29, 1.82) is 0 Å². The molecule has 0 rings (SSSR count). The number of amides is 1. The summed E-state index contributed by atoms with van der Waals surface area (Å²) in [5.41, 5.74) is 5.39. The zero-order valence-corrected chi connectivity index (χ0v) is 10.7. The number of unbranched alkanes of at least 4 members (excludes halogenated alkanes) is 3. The number of hydrogen-bond acceptors (Lipinski definition) is 3. The van der Waals surface area contributed by atoms with E-state index in [2.05, 4.69) is 24.5 Å². The highest BCUT2D eigenvalue weighted by atomic mass is 16.1. The number of nitrogens with one attached hydrogen (secondary N) is 2. The van der Waals surface area contributed by atoms with Gasteiger partial charge in [0, 0.05) is 19.0 Å². The first-order valence-corrected chi connectivity index (χ1v) is 6.40. The van der Waals surface area contributed by atoms with Gasteiger partial charge in [-0.1, -0.05) is 19.8 Å². The summed E-state index contributed by atoms with van der Waals surface area (Å²) < 4.78 is 0. The Morgan fingerprint density at radius 3 is 2.56 bits per heavy atom. The summed E-state index contributed by atoms with van der Waals surface area (Å²) in [5, 5.41) is 6.19. The van der Waals surface area contributed by atoms with Crippen LogP contribution < -0.4 is 16.4 Å². The molecular weight excluding hydrogens is 202 g/mol. The molecule has 0 bridgehead atoms. The molecule has 0 unspecified atom stereocenters. The zero-order chi connectivity index (χ0) is 12.2. The van der Waals surface area contributed by atoms with Gasteiger partial charge in [0.25, 0.3) is 0 Å². The van der Waals surface area contributed by atoms with Crippen LogP contribution >= 0.6 is 0 Å². The molecule has 0 aliphatic carbocycles. The molecule has 4 heteroatoms. The van der Waals surface area contributed by atoms with Crippen molar-refractivity contribution in [3.63, 3.8) is 0 Å². The molecule has 0 aromatic heterocycles. The second-order valence-electron chi connectivity index (χ2n) is 4.22. The van der Waals surface area contributed by atoms with Gasteiger partial charge in [-0.3, -0.25) is 4.79 Å². The van der Waals surface area contributed by atoms with Gasteiger partial charge in [-0.25, -0.2) is 0 Å². The lowest BCUT2D eigenvalue weighted by atomic mass is 10.1. The lowest BCUT2D eigenvalue weighted by molar-refractivity contribution is -0.121. The van der Waals surface area contributed by atoms with Crippen LogP contribution in [0.25, 0.3) is 0 Å². The highest BCUT2D eigenvalue weighted by molar-refractivity contribution is 5.75. The average Bonchev–Trinajstić information content (AvgIpc) is 2.26. The second kappa shape index (κ2) is 10.9. The van der Waals surface area contributed by atoms with E-state index in [0.29, 0.717) is 12.5 Å². The molecule has 16 heavy (non-hydrogen) atoms. The summed E-state index contributed by atoms with van der Waals surface area (Å²) in [6, 6.07) is 0.353. The normalized spacial score (nSPS) is 12.4. The maximum atomic E-state index is 11.4. The Bertz CT molecular complexity index is 174. The molecule has 4 N–H and O–H groups in total. The minimum Gasteiger partial charge on any atom is -0.355 e. The fourth-order valence-corrected chi connectivity index (χ4v) is 1.56. The number of hydrogen-bond donors (Lipinski definition) is 3. The van der Waals surface area contributed by atoms with E-state index in [1.54, 1.807) is 0 Å². The van der Waals surface area contributed by atoms with Gasteiger partial charge in [0.15, 0.2) is 0 Å². The molecule has 0 radical (unpaired) electrons. The topological polar surface area (TPSA) is 67.1 Å². The molecular formula is C12H27N3O. The average molecular weight is 229 g/mol. The van der Waals surface area contributed by atoms with E-state index in [9.17, 15) is 4.79 Å². The molecule has 0 aromatic carbocycles. The molecule has 0 aliphatic heterocycles. The molecule has 0 saturated heterocycles. The van der Waals surface area contributed by atoms with Gasteiger partial charge in [0.1, 0.15) is 0 Å². The number of carbonyl (C=O) groups excluding carboxylic acids is 1. The molecule has 96 valence electrons. The second-order valence-corrected chi connectivity index (χ2v) is 4.22. The van der Waals surface area contributed by atoms with Crippen LogP contribution in [-0.2, 0) is 4.79 Å². The maximum Gasteiger partial charge on any atom is 0.220 e. The van der Waals surface area contributed by atoms with E-state index >= 15 is 0 Å².